The molecule has 0 saturated heterocycles. The number of hydrogen-bond acceptors (Lipinski definition) is 5. The zero-order valence-corrected chi connectivity index (χ0v) is 15.5. The quantitative estimate of drug-likeness (QED) is 0.819. The van der Waals surface area contributed by atoms with Gasteiger partial charge in [-0.05, 0) is 37.3 Å². The normalized spacial score (nSPS) is 12.4. The van der Waals surface area contributed by atoms with Gasteiger partial charge in [0.1, 0.15) is 25.5 Å². The van der Waals surface area contributed by atoms with E-state index in [2.05, 4.69) is 5.32 Å². The largest absolute Gasteiger partial charge is 0.507 e. The van der Waals surface area contributed by atoms with Gasteiger partial charge >= 0.3 is 0 Å². The third-order valence-electron chi connectivity index (χ3n) is 4.02. The Kier molecular flexibility index (Phi) is 5.71. The number of benzene rings is 2. The number of nitrogens with zero attached hydrogens (tertiary/aromatic N) is 1. The lowest BCUT2D eigenvalue weighted by molar-refractivity contribution is -0.116. The summed E-state index contributed by atoms with van der Waals surface area (Å²) in [7, 11) is 0. The number of phenolic OH excluding ortho intramolecular Hbond substituents is 1. The smallest absolute Gasteiger partial charge is 0.258 e. The summed E-state index contributed by atoms with van der Waals surface area (Å²) in [5.74, 6) is 0.153. The molecule has 0 saturated carbocycles. The summed E-state index contributed by atoms with van der Waals surface area (Å²) in [6.07, 6.45) is 0. The summed E-state index contributed by atoms with van der Waals surface area (Å²) in [4.78, 5) is 26.3. The highest BCUT2D eigenvalue weighted by atomic mass is 35.5. The molecule has 3 rings (SSSR count). The van der Waals surface area contributed by atoms with Gasteiger partial charge in [-0.2, -0.15) is 0 Å². The number of ether oxygens (including phenoxy) is 2. The number of anilines is 1. The molecule has 2 aromatic rings. The monoisotopic (exact) mass is 390 g/mol. The zero-order chi connectivity index (χ0) is 19.4. The minimum absolute atomic E-state index is 0.0523. The van der Waals surface area contributed by atoms with E-state index in [4.69, 9.17) is 21.1 Å². The first-order valence-corrected chi connectivity index (χ1v) is 8.83. The van der Waals surface area contributed by atoms with Gasteiger partial charge in [-0.25, -0.2) is 0 Å². The van der Waals surface area contributed by atoms with Gasteiger partial charge in [0, 0.05) is 23.3 Å². The van der Waals surface area contributed by atoms with E-state index in [9.17, 15) is 14.7 Å². The molecular formula is C19H19ClN2O5. The lowest BCUT2D eigenvalue weighted by Crippen LogP contribution is -2.37. The Labute approximate surface area is 161 Å². The second kappa shape index (κ2) is 8.18. The number of likely N-dealkylation sites (N-methyl/N-ethyl adjacent to an activating group) is 1. The van der Waals surface area contributed by atoms with Crippen molar-refractivity contribution in [2.24, 2.45) is 0 Å². The van der Waals surface area contributed by atoms with Gasteiger partial charge in [0.15, 0.2) is 11.5 Å². The predicted molar refractivity (Wildman–Crippen MR) is 101 cm³/mol. The second-order valence-corrected chi connectivity index (χ2v) is 6.32. The van der Waals surface area contributed by atoms with Crippen LogP contribution in [0.4, 0.5) is 5.69 Å². The molecule has 2 aromatic carbocycles. The van der Waals surface area contributed by atoms with E-state index in [0.717, 1.165) is 0 Å². The van der Waals surface area contributed by atoms with Crippen LogP contribution in [0.1, 0.15) is 17.3 Å². The molecule has 2 amide bonds. The van der Waals surface area contributed by atoms with Crippen LogP contribution in [-0.4, -0.2) is 48.1 Å². The molecule has 0 fully saturated rings. The van der Waals surface area contributed by atoms with Crippen molar-refractivity contribution < 1.29 is 24.2 Å². The van der Waals surface area contributed by atoms with Crippen molar-refractivity contribution in [3.8, 4) is 17.2 Å². The number of halogens is 1. The molecule has 27 heavy (non-hydrogen) atoms. The fourth-order valence-electron chi connectivity index (χ4n) is 2.67. The first-order valence-electron chi connectivity index (χ1n) is 8.45. The summed E-state index contributed by atoms with van der Waals surface area (Å²) < 4.78 is 10.9. The minimum atomic E-state index is -0.477. The van der Waals surface area contributed by atoms with Crippen LogP contribution in [0.25, 0.3) is 0 Å². The third kappa shape index (κ3) is 4.43. The van der Waals surface area contributed by atoms with Gasteiger partial charge in [0.25, 0.3) is 5.91 Å². The van der Waals surface area contributed by atoms with Crippen molar-refractivity contribution in [1.29, 1.82) is 0 Å². The van der Waals surface area contributed by atoms with E-state index in [-0.39, 0.29) is 23.8 Å². The predicted octanol–water partition coefficient (Wildman–Crippen LogP) is 2.92. The fourth-order valence-corrected chi connectivity index (χ4v) is 2.84. The van der Waals surface area contributed by atoms with Crippen LogP contribution < -0.4 is 14.8 Å². The second-order valence-electron chi connectivity index (χ2n) is 5.89. The van der Waals surface area contributed by atoms with E-state index in [0.29, 0.717) is 42.0 Å². The Morgan fingerprint density at radius 2 is 1.89 bits per heavy atom. The van der Waals surface area contributed by atoms with E-state index < -0.39 is 5.91 Å². The highest BCUT2D eigenvalue weighted by Gasteiger charge is 2.21. The van der Waals surface area contributed by atoms with Gasteiger partial charge in [0.2, 0.25) is 5.91 Å². The third-order valence-corrected chi connectivity index (χ3v) is 4.25. The molecule has 0 aliphatic carbocycles. The molecule has 8 heteroatoms. The molecule has 2 N–H and O–H groups in total. The topological polar surface area (TPSA) is 88.1 Å². The lowest BCUT2D eigenvalue weighted by Gasteiger charge is -2.22. The van der Waals surface area contributed by atoms with Crippen LogP contribution in [0.3, 0.4) is 0 Å². The molecule has 1 aliphatic heterocycles. The summed E-state index contributed by atoms with van der Waals surface area (Å²) in [6.45, 7) is 2.81. The van der Waals surface area contributed by atoms with E-state index in [1.54, 1.807) is 25.1 Å². The number of carbonyl (C=O) groups is 2. The summed E-state index contributed by atoms with van der Waals surface area (Å²) in [6, 6.07) is 9.30. The van der Waals surface area contributed by atoms with Gasteiger partial charge in [-0.15, -0.1) is 0 Å². The number of hydrogen-bond donors (Lipinski definition) is 2. The summed E-state index contributed by atoms with van der Waals surface area (Å²) in [5.41, 5.74) is 0.592. The molecule has 0 unspecified atom stereocenters. The Balaban J connectivity index is 1.68. The van der Waals surface area contributed by atoms with Crippen molar-refractivity contribution in [2.45, 2.75) is 6.92 Å². The number of nitrogens with one attached hydrogen (secondary N) is 1. The Hall–Kier alpha value is -2.93. The highest BCUT2D eigenvalue weighted by molar-refractivity contribution is 6.31. The van der Waals surface area contributed by atoms with Gasteiger partial charge < -0.3 is 24.8 Å². The number of amides is 2. The average molecular weight is 391 g/mol. The molecule has 0 atom stereocenters. The molecule has 1 heterocycles. The Morgan fingerprint density at radius 3 is 2.63 bits per heavy atom. The van der Waals surface area contributed by atoms with Crippen LogP contribution >= 0.6 is 11.6 Å². The molecular weight excluding hydrogens is 372 g/mol. The van der Waals surface area contributed by atoms with Crippen molar-refractivity contribution in [1.82, 2.24) is 4.90 Å². The fraction of sp³-hybridized carbons (Fsp3) is 0.263. The van der Waals surface area contributed by atoms with E-state index >= 15 is 0 Å². The molecule has 142 valence electrons. The standard InChI is InChI=1S/C19H19ClN2O5/c1-2-22(19(25)14-9-12(20)3-5-15(14)23)11-18(24)21-13-4-6-16-17(10-13)27-8-7-26-16/h3-6,9-10,23H,2,7-8,11H2,1H3,(H,21,24). The van der Waals surface area contributed by atoms with Crippen LogP contribution in [0.15, 0.2) is 36.4 Å². The number of aromatic hydroxyl groups is 1. The van der Waals surface area contributed by atoms with Crippen molar-refractivity contribution in [3.63, 3.8) is 0 Å². The molecule has 0 aromatic heterocycles. The lowest BCUT2D eigenvalue weighted by atomic mass is 10.1. The number of fused-ring (bicyclic) bond motifs is 1. The van der Waals surface area contributed by atoms with E-state index in [1.807, 2.05) is 0 Å². The molecule has 7 nitrogen and oxygen atoms in total. The molecule has 0 spiro atoms. The van der Waals surface area contributed by atoms with Crippen LogP contribution in [-0.2, 0) is 4.79 Å². The maximum absolute atomic E-state index is 12.6. The van der Waals surface area contributed by atoms with Crippen molar-refractivity contribution in [2.75, 3.05) is 31.6 Å². The first-order chi connectivity index (χ1) is 13.0. The minimum Gasteiger partial charge on any atom is -0.507 e. The first kappa shape index (κ1) is 18.8. The van der Waals surface area contributed by atoms with Gasteiger partial charge in [0.05, 0.1) is 5.56 Å². The maximum Gasteiger partial charge on any atom is 0.258 e. The van der Waals surface area contributed by atoms with Crippen molar-refractivity contribution >= 4 is 29.1 Å². The Morgan fingerprint density at radius 1 is 1.15 bits per heavy atom. The molecule has 0 bridgehead atoms. The number of phenols is 1. The van der Waals surface area contributed by atoms with Crippen molar-refractivity contribution in [3.05, 3.63) is 47.0 Å². The van der Waals surface area contributed by atoms with Crippen LogP contribution in [0.2, 0.25) is 5.02 Å². The Bertz CT molecular complexity index is 871. The highest BCUT2D eigenvalue weighted by Crippen LogP contribution is 2.32. The molecule has 1 aliphatic rings. The molecule has 0 radical (unpaired) electrons. The summed E-state index contributed by atoms with van der Waals surface area (Å²) in [5, 5.41) is 13.0. The van der Waals surface area contributed by atoms with Crippen LogP contribution in [0.5, 0.6) is 17.2 Å². The zero-order valence-electron chi connectivity index (χ0n) is 14.7. The van der Waals surface area contributed by atoms with E-state index in [1.165, 1.54) is 23.1 Å². The van der Waals surface area contributed by atoms with Gasteiger partial charge in [-0.1, -0.05) is 11.6 Å². The summed E-state index contributed by atoms with van der Waals surface area (Å²) >= 11 is 5.90. The maximum atomic E-state index is 12.6. The average Bonchev–Trinajstić information content (AvgIpc) is 2.67. The number of rotatable bonds is 5. The SMILES string of the molecule is CCN(CC(=O)Nc1ccc2c(c1)OCCO2)C(=O)c1cc(Cl)ccc1O. The van der Waals surface area contributed by atoms with Crippen LogP contribution in [0, 0.1) is 0 Å². The van der Waals surface area contributed by atoms with Gasteiger partial charge in [-0.3, -0.25) is 9.59 Å². The number of carbonyl (C=O) groups excluding carboxylic acids is 2.